The summed E-state index contributed by atoms with van der Waals surface area (Å²) in [4.78, 5) is 39.7. The van der Waals surface area contributed by atoms with Gasteiger partial charge in [0.05, 0.1) is 17.0 Å². The standard InChI is InChI=1S/C19H24FN3O4/c1-19(17(25)26)8-10-23(12-19)16(24)13-5-4-9-22(11-13)18(27)21-15-7-3-2-6-14(15)20/h2-3,6-7,13H,4-5,8-12H2,1H3,(H,21,27)(H,25,26). The second-order valence-electron chi connectivity index (χ2n) is 7.57. The molecule has 3 amide bonds. The Kier molecular flexibility index (Phi) is 5.34. The Morgan fingerprint density at radius 1 is 1.22 bits per heavy atom. The van der Waals surface area contributed by atoms with Gasteiger partial charge in [0.25, 0.3) is 0 Å². The van der Waals surface area contributed by atoms with E-state index in [0.717, 1.165) is 0 Å². The molecule has 0 radical (unpaired) electrons. The monoisotopic (exact) mass is 377 g/mol. The highest BCUT2D eigenvalue weighted by atomic mass is 19.1. The minimum atomic E-state index is -0.910. The van der Waals surface area contributed by atoms with E-state index in [9.17, 15) is 23.9 Å². The van der Waals surface area contributed by atoms with Crippen LogP contribution >= 0.6 is 0 Å². The number of nitrogens with zero attached hydrogens (tertiary/aromatic N) is 2. The Bertz CT molecular complexity index is 756. The van der Waals surface area contributed by atoms with E-state index >= 15 is 0 Å². The molecule has 27 heavy (non-hydrogen) atoms. The Labute approximate surface area is 157 Å². The maximum absolute atomic E-state index is 13.7. The van der Waals surface area contributed by atoms with Crippen molar-refractivity contribution in [3.63, 3.8) is 0 Å². The van der Waals surface area contributed by atoms with Crippen molar-refractivity contribution in [1.82, 2.24) is 9.80 Å². The number of nitrogens with one attached hydrogen (secondary N) is 1. The van der Waals surface area contributed by atoms with Crippen molar-refractivity contribution in [2.45, 2.75) is 26.2 Å². The molecular weight excluding hydrogens is 353 g/mol. The molecule has 0 aliphatic carbocycles. The summed E-state index contributed by atoms with van der Waals surface area (Å²) in [5.41, 5.74) is -0.806. The van der Waals surface area contributed by atoms with Crippen molar-refractivity contribution in [3.8, 4) is 0 Å². The smallest absolute Gasteiger partial charge is 0.321 e. The van der Waals surface area contributed by atoms with Gasteiger partial charge in [-0.1, -0.05) is 12.1 Å². The topological polar surface area (TPSA) is 90.0 Å². The zero-order valence-electron chi connectivity index (χ0n) is 15.3. The number of urea groups is 1. The number of carboxylic acids is 1. The average molecular weight is 377 g/mol. The van der Waals surface area contributed by atoms with Crippen LogP contribution in [0.4, 0.5) is 14.9 Å². The molecule has 0 bridgehead atoms. The van der Waals surface area contributed by atoms with Crippen LogP contribution in [0.3, 0.4) is 0 Å². The number of piperidine rings is 1. The van der Waals surface area contributed by atoms with Crippen LogP contribution in [0.15, 0.2) is 24.3 Å². The lowest BCUT2D eigenvalue weighted by atomic mass is 9.90. The van der Waals surface area contributed by atoms with E-state index in [2.05, 4.69) is 5.32 Å². The molecule has 2 aliphatic heterocycles. The quantitative estimate of drug-likeness (QED) is 0.846. The van der Waals surface area contributed by atoms with Crippen LogP contribution in [-0.2, 0) is 9.59 Å². The Morgan fingerprint density at radius 2 is 1.96 bits per heavy atom. The summed E-state index contributed by atoms with van der Waals surface area (Å²) < 4.78 is 13.7. The second-order valence-corrected chi connectivity index (χ2v) is 7.57. The Morgan fingerprint density at radius 3 is 2.63 bits per heavy atom. The first-order valence-corrected chi connectivity index (χ1v) is 9.13. The third-order valence-corrected chi connectivity index (χ3v) is 5.47. The number of carboxylic acid groups (broad SMARTS) is 1. The molecule has 0 aromatic heterocycles. The van der Waals surface area contributed by atoms with Crippen molar-refractivity contribution in [3.05, 3.63) is 30.1 Å². The highest BCUT2D eigenvalue weighted by Crippen LogP contribution is 2.32. The summed E-state index contributed by atoms with van der Waals surface area (Å²) >= 11 is 0. The average Bonchev–Trinajstić information content (AvgIpc) is 3.07. The molecule has 3 rings (SSSR count). The lowest BCUT2D eigenvalue weighted by Gasteiger charge is -2.34. The Hall–Kier alpha value is -2.64. The number of benzene rings is 1. The number of amides is 3. The van der Waals surface area contributed by atoms with Crippen molar-refractivity contribution < 1.29 is 23.9 Å². The summed E-state index contributed by atoms with van der Waals surface area (Å²) in [6.45, 7) is 3.01. The Balaban J connectivity index is 1.61. The zero-order valence-corrected chi connectivity index (χ0v) is 15.3. The van der Waals surface area contributed by atoms with Crippen LogP contribution in [0, 0.1) is 17.2 Å². The number of carbonyl (C=O) groups is 3. The van der Waals surface area contributed by atoms with Crippen molar-refractivity contribution in [2.75, 3.05) is 31.5 Å². The molecular formula is C19H24FN3O4. The maximum Gasteiger partial charge on any atom is 0.321 e. The number of rotatable bonds is 3. The molecule has 8 heteroatoms. The van der Waals surface area contributed by atoms with Gasteiger partial charge in [-0.05, 0) is 38.3 Å². The van der Waals surface area contributed by atoms with E-state index in [-0.39, 0.29) is 30.6 Å². The van der Waals surface area contributed by atoms with Gasteiger partial charge in [0.15, 0.2) is 0 Å². The predicted octanol–water partition coefficient (Wildman–Crippen LogP) is 2.39. The van der Waals surface area contributed by atoms with Crippen LogP contribution in [0.1, 0.15) is 26.2 Å². The van der Waals surface area contributed by atoms with E-state index in [4.69, 9.17) is 0 Å². The number of carbonyl (C=O) groups excluding carboxylic acids is 2. The predicted molar refractivity (Wildman–Crippen MR) is 96.7 cm³/mol. The van der Waals surface area contributed by atoms with Crippen LogP contribution < -0.4 is 5.32 Å². The van der Waals surface area contributed by atoms with E-state index in [1.165, 1.54) is 17.0 Å². The summed E-state index contributed by atoms with van der Waals surface area (Å²) in [6.07, 6.45) is 1.76. The molecule has 1 aromatic rings. The van der Waals surface area contributed by atoms with Gasteiger partial charge in [-0.25, -0.2) is 9.18 Å². The highest BCUT2D eigenvalue weighted by Gasteiger charge is 2.44. The van der Waals surface area contributed by atoms with Crippen molar-refractivity contribution >= 4 is 23.6 Å². The van der Waals surface area contributed by atoms with Gasteiger partial charge in [0, 0.05) is 26.2 Å². The SMILES string of the molecule is CC1(C(=O)O)CCN(C(=O)C2CCCN(C(=O)Nc3ccccc3F)C2)C1. The number of para-hydroxylation sites is 1. The molecule has 2 unspecified atom stereocenters. The van der Waals surface area contributed by atoms with Gasteiger partial charge in [-0.3, -0.25) is 9.59 Å². The maximum atomic E-state index is 13.7. The van der Waals surface area contributed by atoms with Gasteiger partial charge < -0.3 is 20.2 Å². The lowest BCUT2D eigenvalue weighted by molar-refractivity contribution is -0.147. The lowest BCUT2D eigenvalue weighted by Crippen LogP contribution is -2.48. The molecule has 2 saturated heterocycles. The molecule has 146 valence electrons. The van der Waals surface area contributed by atoms with Crippen LogP contribution in [-0.4, -0.2) is 59.0 Å². The normalized spacial score (nSPS) is 25.3. The third kappa shape index (κ3) is 4.04. The summed E-state index contributed by atoms with van der Waals surface area (Å²) in [7, 11) is 0. The molecule has 2 heterocycles. The fourth-order valence-corrected chi connectivity index (χ4v) is 3.70. The highest BCUT2D eigenvalue weighted by molar-refractivity contribution is 5.90. The number of aliphatic carboxylic acids is 1. The first kappa shape index (κ1) is 19.1. The number of halogens is 1. The summed E-state index contributed by atoms with van der Waals surface area (Å²) in [6, 6.07) is 5.49. The minimum absolute atomic E-state index is 0.104. The molecule has 2 aliphatic rings. The minimum Gasteiger partial charge on any atom is -0.481 e. The van der Waals surface area contributed by atoms with E-state index < -0.39 is 23.2 Å². The fourth-order valence-electron chi connectivity index (χ4n) is 3.70. The van der Waals surface area contributed by atoms with Gasteiger partial charge in [-0.15, -0.1) is 0 Å². The fraction of sp³-hybridized carbons (Fsp3) is 0.526. The van der Waals surface area contributed by atoms with Crippen molar-refractivity contribution in [1.29, 1.82) is 0 Å². The summed E-state index contributed by atoms with van der Waals surface area (Å²) in [5.74, 6) is -1.88. The van der Waals surface area contributed by atoms with Gasteiger partial charge in [-0.2, -0.15) is 0 Å². The second kappa shape index (κ2) is 7.54. The molecule has 0 spiro atoms. The zero-order chi connectivity index (χ0) is 19.6. The van der Waals surface area contributed by atoms with Gasteiger partial charge in [0.2, 0.25) is 5.91 Å². The number of hydrogen-bond acceptors (Lipinski definition) is 3. The first-order chi connectivity index (χ1) is 12.8. The van der Waals surface area contributed by atoms with E-state index in [1.807, 2.05) is 0 Å². The summed E-state index contributed by atoms with van der Waals surface area (Å²) in [5, 5.41) is 11.9. The first-order valence-electron chi connectivity index (χ1n) is 9.13. The van der Waals surface area contributed by atoms with Crippen LogP contribution in [0.5, 0.6) is 0 Å². The number of likely N-dealkylation sites (tertiary alicyclic amines) is 2. The molecule has 1 aromatic carbocycles. The molecule has 0 saturated carbocycles. The van der Waals surface area contributed by atoms with Crippen molar-refractivity contribution in [2.24, 2.45) is 11.3 Å². The number of hydrogen-bond donors (Lipinski definition) is 2. The molecule has 2 fully saturated rings. The largest absolute Gasteiger partial charge is 0.481 e. The molecule has 2 atom stereocenters. The van der Waals surface area contributed by atoms with Gasteiger partial charge in [0.1, 0.15) is 5.82 Å². The molecule has 7 nitrogen and oxygen atoms in total. The van der Waals surface area contributed by atoms with Crippen LogP contribution in [0.2, 0.25) is 0 Å². The van der Waals surface area contributed by atoms with Crippen LogP contribution in [0.25, 0.3) is 0 Å². The van der Waals surface area contributed by atoms with E-state index in [1.54, 1.807) is 24.0 Å². The van der Waals surface area contributed by atoms with E-state index in [0.29, 0.717) is 32.4 Å². The molecule has 2 N–H and O–H groups in total. The van der Waals surface area contributed by atoms with Gasteiger partial charge >= 0.3 is 12.0 Å². The number of anilines is 1. The third-order valence-electron chi connectivity index (χ3n) is 5.47.